The summed E-state index contributed by atoms with van der Waals surface area (Å²) in [6.45, 7) is 5.97. The summed E-state index contributed by atoms with van der Waals surface area (Å²) in [5, 5.41) is 18.2. The number of anilines is 1. The van der Waals surface area contributed by atoms with Gasteiger partial charge in [-0.05, 0) is 99.4 Å². The summed E-state index contributed by atoms with van der Waals surface area (Å²) in [6.07, 6.45) is -1.39. The van der Waals surface area contributed by atoms with Crippen molar-refractivity contribution in [3.63, 3.8) is 0 Å². The maximum atomic E-state index is 17.9. The minimum atomic E-state index is -5.14. The molecule has 1 amide bonds. The second-order valence-electron chi connectivity index (χ2n) is 18.7. The Hall–Kier alpha value is -3.64. The number of allylic oxidation sites excluding steroid dienone is 4. The quantitative estimate of drug-likeness (QED) is 0.0632. The van der Waals surface area contributed by atoms with E-state index >= 15 is 8.78 Å². The standard InChI is InChI=1S/C47H56BrF2N2O12P/c1-26(17-38(55)27(2)51-16-6-9-33(54)24-48)42(58)52-31-8-5-7-29(19-31)18-28-10-12-30(13-11-28)43-63-41-22-34-35-21-37(49)36-20-32(53)14-15-44(36,3)46(35,50)39(56)23-45(34,4)47(41,64-43)40(57)25-62-65(59,60)61/h5,7-8,10-15,19-20,26-27,34-35,37,39,41,43,51,56H,6,9,16-18,21-25H2,1-4H3,(H,52,58)(H2,59,60,61)/t26-,27+,34+,35+,37+,39+,41-,43-,44+,45+,46+,47-/m1/s1. The van der Waals surface area contributed by atoms with E-state index in [2.05, 4.69) is 31.1 Å². The number of nitrogens with one attached hydrogen (secondary N) is 2. The average Bonchev–Trinajstić information content (AvgIpc) is 3.76. The summed E-state index contributed by atoms with van der Waals surface area (Å²) in [4.78, 5) is 83.1. The topological polar surface area (TPSA) is 215 Å². The maximum absolute atomic E-state index is 17.9. The van der Waals surface area contributed by atoms with Gasteiger partial charge in [-0.2, -0.15) is 0 Å². The van der Waals surface area contributed by atoms with E-state index in [-0.39, 0.29) is 48.7 Å². The van der Waals surface area contributed by atoms with Crippen molar-refractivity contribution in [2.75, 3.05) is 23.8 Å². The number of phosphoric ester groups is 1. The molecule has 0 aromatic heterocycles. The van der Waals surface area contributed by atoms with E-state index in [1.807, 2.05) is 24.3 Å². The molecule has 352 valence electrons. The zero-order valence-corrected chi connectivity index (χ0v) is 39.1. The lowest BCUT2D eigenvalue weighted by Crippen LogP contribution is -2.70. The molecule has 4 fully saturated rings. The number of aliphatic hydroxyl groups is 1. The highest BCUT2D eigenvalue weighted by atomic mass is 79.9. The lowest BCUT2D eigenvalue weighted by Gasteiger charge is -2.63. The monoisotopic (exact) mass is 988 g/mol. The van der Waals surface area contributed by atoms with Crippen molar-refractivity contribution in [2.24, 2.45) is 28.6 Å². The lowest BCUT2D eigenvalue weighted by atomic mass is 9.44. The first-order valence-corrected chi connectivity index (χ1v) is 24.6. The van der Waals surface area contributed by atoms with E-state index in [0.717, 1.165) is 17.2 Å². The van der Waals surface area contributed by atoms with Crippen LogP contribution in [0.25, 0.3) is 0 Å². The van der Waals surface area contributed by atoms with Crippen molar-refractivity contribution in [1.29, 1.82) is 0 Å². The van der Waals surface area contributed by atoms with Crippen LogP contribution < -0.4 is 10.6 Å². The summed E-state index contributed by atoms with van der Waals surface area (Å²) < 4.78 is 63.5. The van der Waals surface area contributed by atoms with Crippen LogP contribution in [0, 0.1) is 28.6 Å². The van der Waals surface area contributed by atoms with Crippen LogP contribution in [0.5, 0.6) is 0 Å². The van der Waals surface area contributed by atoms with Gasteiger partial charge in [-0.25, -0.2) is 13.3 Å². The molecule has 1 aliphatic heterocycles. The van der Waals surface area contributed by atoms with Crippen molar-refractivity contribution in [2.45, 2.75) is 115 Å². The number of alkyl halides is 3. The number of phosphoric acid groups is 1. The van der Waals surface area contributed by atoms with Gasteiger partial charge in [0, 0.05) is 46.8 Å². The normalized spacial score (nSPS) is 33.5. The van der Waals surface area contributed by atoms with Gasteiger partial charge < -0.3 is 35.0 Å². The van der Waals surface area contributed by atoms with Crippen molar-refractivity contribution in [1.82, 2.24) is 5.32 Å². The van der Waals surface area contributed by atoms with E-state index in [1.165, 1.54) is 19.1 Å². The SMILES string of the molecule is C[C@H](CC(=O)[C@H](C)NCCCC(=O)CBr)C(=O)Nc1cccc(Cc2ccc([C@@H]3O[C@@H]4C[C@H]5[C@@H]6C[C@H](F)C7=CC(=O)C=C[C@]7(C)[C@@]6(F)[C@@H](O)C[C@]5(C)[C@]4(C(=O)COP(=O)(O)O)O3)cc2)c1. The molecule has 12 atom stereocenters. The van der Waals surface area contributed by atoms with Crippen LogP contribution in [0.15, 0.2) is 72.3 Å². The number of Topliss-reactive ketones (excluding diaryl/α,β-unsaturated/α-hetero) is 3. The molecule has 3 saturated carbocycles. The molecular weight excluding hydrogens is 933 g/mol. The summed E-state index contributed by atoms with van der Waals surface area (Å²) in [5.74, 6) is -4.24. The number of ether oxygens (including phenoxy) is 2. The number of rotatable bonds is 18. The first kappa shape index (κ1) is 49.3. The number of ketones is 4. The van der Waals surface area contributed by atoms with E-state index < -0.39 is 96.6 Å². The number of amides is 1. The first-order chi connectivity index (χ1) is 30.6. The van der Waals surface area contributed by atoms with Gasteiger partial charge in [-0.3, -0.25) is 28.5 Å². The van der Waals surface area contributed by atoms with Crippen molar-refractivity contribution < 1.29 is 66.2 Å². The molecule has 1 heterocycles. The fourth-order valence-electron chi connectivity index (χ4n) is 11.3. The Labute approximate surface area is 384 Å². The van der Waals surface area contributed by atoms with Gasteiger partial charge in [0.05, 0.1) is 23.6 Å². The molecular formula is C47H56BrF2N2O12P. The molecule has 18 heteroatoms. The molecule has 2 aromatic rings. The molecule has 5 aliphatic rings. The molecule has 2 aromatic carbocycles. The molecule has 0 unspecified atom stereocenters. The average molecular weight is 990 g/mol. The lowest BCUT2D eigenvalue weighted by molar-refractivity contribution is -0.235. The van der Waals surface area contributed by atoms with Gasteiger partial charge in [0.2, 0.25) is 5.91 Å². The minimum Gasteiger partial charge on any atom is -0.390 e. The molecule has 65 heavy (non-hydrogen) atoms. The van der Waals surface area contributed by atoms with Crippen LogP contribution >= 0.6 is 23.8 Å². The maximum Gasteiger partial charge on any atom is 0.470 e. The number of carbonyl (C=O) groups excluding carboxylic acids is 5. The fourth-order valence-corrected chi connectivity index (χ4v) is 11.8. The molecule has 5 N–H and O–H groups in total. The molecule has 0 spiro atoms. The Kier molecular flexibility index (Phi) is 14.3. The third kappa shape index (κ3) is 9.22. The van der Waals surface area contributed by atoms with Gasteiger partial charge in [0.1, 0.15) is 24.3 Å². The number of halogens is 3. The molecule has 7 rings (SSSR count). The van der Waals surface area contributed by atoms with E-state index in [1.54, 1.807) is 45.0 Å². The van der Waals surface area contributed by atoms with Crippen LogP contribution in [-0.4, -0.2) is 98.1 Å². The van der Waals surface area contributed by atoms with Crippen molar-refractivity contribution in [3.05, 3.63) is 89.0 Å². The summed E-state index contributed by atoms with van der Waals surface area (Å²) >= 11 is 3.14. The Bertz CT molecular complexity index is 2330. The van der Waals surface area contributed by atoms with Gasteiger partial charge in [-0.15, -0.1) is 0 Å². The van der Waals surface area contributed by atoms with Crippen LogP contribution in [-0.2, 0) is 49.0 Å². The first-order valence-electron chi connectivity index (χ1n) is 21.9. The highest BCUT2D eigenvalue weighted by Crippen LogP contribution is 2.72. The molecule has 0 bridgehead atoms. The molecule has 4 aliphatic carbocycles. The fraction of sp³-hybridized carbons (Fsp3) is 0.553. The predicted octanol–water partition coefficient (Wildman–Crippen LogP) is 6.29. The minimum absolute atomic E-state index is 0.000614. The number of benzene rings is 2. The van der Waals surface area contributed by atoms with Crippen LogP contribution in [0.3, 0.4) is 0 Å². The summed E-state index contributed by atoms with van der Waals surface area (Å²) in [6, 6.07) is 14.0. The second-order valence-corrected chi connectivity index (χ2v) is 20.5. The highest BCUT2D eigenvalue weighted by molar-refractivity contribution is 9.09. The Morgan fingerprint density at radius 2 is 1.77 bits per heavy atom. The second kappa shape index (κ2) is 18.8. The van der Waals surface area contributed by atoms with E-state index in [0.29, 0.717) is 42.4 Å². The molecule has 1 saturated heterocycles. The van der Waals surface area contributed by atoms with E-state index in [9.17, 15) is 43.4 Å². The summed E-state index contributed by atoms with van der Waals surface area (Å²) in [7, 11) is -5.14. The van der Waals surface area contributed by atoms with Crippen molar-refractivity contribution >= 4 is 58.5 Å². The zero-order chi connectivity index (χ0) is 47.3. The number of hydrogen-bond acceptors (Lipinski definition) is 11. The smallest absolute Gasteiger partial charge is 0.390 e. The van der Waals surface area contributed by atoms with Crippen LogP contribution in [0.4, 0.5) is 14.5 Å². The van der Waals surface area contributed by atoms with Gasteiger partial charge >= 0.3 is 7.82 Å². The van der Waals surface area contributed by atoms with Gasteiger partial charge in [-0.1, -0.05) is 72.3 Å². The Morgan fingerprint density at radius 3 is 2.46 bits per heavy atom. The Morgan fingerprint density at radius 1 is 1.05 bits per heavy atom. The number of aliphatic hydroxyl groups excluding tert-OH is 1. The largest absolute Gasteiger partial charge is 0.470 e. The van der Waals surface area contributed by atoms with Crippen LogP contribution in [0.2, 0.25) is 0 Å². The number of hydrogen-bond donors (Lipinski definition) is 5. The zero-order valence-electron chi connectivity index (χ0n) is 36.6. The van der Waals surface area contributed by atoms with Gasteiger partial charge in [0.15, 0.2) is 29.1 Å². The van der Waals surface area contributed by atoms with Crippen molar-refractivity contribution in [3.8, 4) is 0 Å². The van der Waals surface area contributed by atoms with E-state index in [4.69, 9.17) is 9.47 Å². The third-order valence-electron chi connectivity index (χ3n) is 14.7. The van der Waals surface area contributed by atoms with Gasteiger partial charge in [0.25, 0.3) is 0 Å². The molecule has 14 nitrogen and oxygen atoms in total. The summed E-state index contributed by atoms with van der Waals surface area (Å²) in [5.41, 5.74) is -4.78. The number of fused-ring (bicyclic) bond motifs is 7. The molecule has 0 radical (unpaired) electrons. The van der Waals surface area contributed by atoms with Crippen LogP contribution in [0.1, 0.15) is 89.2 Å². The Balaban J connectivity index is 1.04. The number of carbonyl (C=O) groups is 5. The highest BCUT2D eigenvalue weighted by Gasteiger charge is 2.80. The predicted molar refractivity (Wildman–Crippen MR) is 237 cm³/mol. The third-order valence-corrected chi connectivity index (χ3v) is 15.8.